The smallest absolute Gasteiger partial charge is 0.138 e. The number of halogens is 1. The molecule has 1 aromatic rings. The molecule has 0 unspecified atom stereocenters. The largest absolute Gasteiger partial charge is 0.392 e. The van der Waals surface area contributed by atoms with Gasteiger partial charge in [0.05, 0.1) is 17.7 Å². The molecule has 3 atom stereocenters. The van der Waals surface area contributed by atoms with E-state index < -0.39 is 6.10 Å². The number of hydrogen-bond donors (Lipinski definition) is 1. The van der Waals surface area contributed by atoms with Crippen LogP contribution in [0.4, 0.5) is 4.39 Å². The highest BCUT2D eigenvalue weighted by Gasteiger charge is 2.45. The summed E-state index contributed by atoms with van der Waals surface area (Å²) in [5.74, 6) is -0.485. The van der Waals surface area contributed by atoms with Crippen LogP contribution >= 0.6 is 0 Å². The van der Waals surface area contributed by atoms with E-state index in [1.807, 2.05) is 0 Å². The Balaban J connectivity index is 1.99. The van der Waals surface area contributed by atoms with Gasteiger partial charge in [-0.3, -0.25) is 0 Å². The number of rotatable bonds is 1. The molecule has 1 N–H and O–H groups in total. The molecule has 1 fully saturated rings. The van der Waals surface area contributed by atoms with E-state index in [0.29, 0.717) is 17.7 Å². The molecule has 1 aliphatic carbocycles. The minimum Gasteiger partial charge on any atom is -0.392 e. The first-order valence-corrected chi connectivity index (χ1v) is 5.44. The average molecular weight is 221 g/mol. The monoisotopic (exact) mass is 221 g/mol. The molecule has 3 nitrogen and oxygen atoms in total. The standard InChI is InChI=1S/C12H12FNO2/c13-8-4-2-1-3-7(8)12-11-9(15)5-6-10(11)16-14-12/h1-4,9-11,15H,5-6H2/t9-,10-,11+/m0/s1. The third-order valence-electron chi connectivity index (χ3n) is 3.31. The van der Waals surface area contributed by atoms with Crippen LogP contribution in [-0.2, 0) is 4.84 Å². The van der Waals surface area contributed by atoms with Crippen molar-refractivity contribution in [2.24, 2.45) is 11.1 Å². The molecule has 1 heterocycles. The summed E-state index contributed by atoms with van der Waals surface area (Å²) in [6.45, 7) is 0. The van der Waals surface area contributed by atoms with Gasteiger partial charge in [-0.25, -0.2) is 4.39 Å². The lowest BCUT2D eigenvalue weighted by Gasteiger charge is -2.13. The fourth-order valence-electron chi connectivity index (χ4n) is 2.50. The minimum absolute atomic E-state index is 0.0791. The van der Waals surface area contributed by atoms with Gasteiger partial charge in [-0.2, -0.15) is 0 Å². The second-order valence-electron chi connectivity index (χ2n) is 4.27. The predicted octanol–water partition coefficient (Wildman–Crippen LogP) is 1.70. The van der Waals surface area contributed by atoms with Crippen LogP contribution in [0.5, 0.6) is 0 Å². The average Bonchev–Trinajstić information content (AvgIpc) is 2.83. The normalized spacial score (nSPS) is 32.1. The van der Waals surface area contributed by atoms with Gasteiger partial charge in [-0.15, -0.1) is 0 Å². The predicted molar refractivity (Wildman–Crippen MR) is 56.5 cm³/mol. The second-order valence-corrected chi connectivity index (χ2v) is 4.27. The summed E-state index contributed by atoms with van der Waals surface area (Å²) in [7, 11) is 0. The van der Waals surface area contributed by atoms with Crippen molar-refractivity contribution in [1.29, 1.82) is 0 Å². The molecule has 0 bridgehead atoms. The molecule has 1 aliphatic heterocycles. The number of benzene rings is 1. The van der Waals surface area contributed by atoms with Crippen molar-refractivity contribution in [3.63, 3.8) is 0 Å². The number of aliphatic hydroxyl groups is 1. The molecule has 84 valence electrons. The van der Waals surface area contributed by atoms with E-state index in [4.69, 9.17) is 4.84 Å². The summed E-state index contributed by atoms with van der Waals surface area (Å²) in [6, 6.07) is 6.46. The van der Waals surface area contributed by atoms with Gasteiger partial charge < -0.3 is 9.94 Å². The van der Waals surface area contributed by atoms with Gasteiger partial charge in [-0.05, 0) is 18.9 Å². The van der Waals surface area contributed by atoms with Crippen LogP contribution < -0.4 is 0 Å². The summed E-state index contributed by atoms with van der Waals surface area (Å²) < 4.78 is 13.6. The molecule has 1 saturated carbocycles. The maximum absolute atomic E-state index is 13.6. The second kappa shape index (κ2) is 3.56. The first-order chi connectivity index (χ1) is 7.77. The first-order valence-electron chi connectivity index (χ1n) is 5.44. The molecule has 0 aromatic heterocycles. The summed E-state index contributed by atoms with van der Waals surface area (Å²) in [6.07, 6.45) is 0.936. The molecule has 0 radical (unpaired) electrons. The topological polar surface area (TPSA) is 41.8 Å². The quantitative estimate of drug-likeness (QED) is 0.784. The zero-order valence-electron chi connectivity index (χ0n) is 8.64. The molecule has 1 aromatic carbocycles. The Bertz CT molecular complexity index is 446. The molecular weight excluding hydrogens is 209 g/mol. The van der Waals surface area contributed by atoms with Crippen LogP contribution in [0.15, 0.2) is 29.4 Å². The van der Waals surface area contributed by atoms with Crippen LogP contribution in [0.1, 0.15) is 18.4 Å². The summed E-state index contributed by atoms with van der Waals surface area (Å²) in [5.41, 5.74) is 0.990. The Kier molecular flexibility index (Phi) is 2.17. The molecule has 0 amide bonds. The van der Waals surface area contributed by atoms with Gasteiger partial charge in [0, 0.05) is 5.56 Å². The van der Waals surface area contributed by atoms with Crippen molar-refractivity contribution in [1.82, 2.24) is 0 Å². The lowest BCUT2D eigenvalue weighted by Crippen LogP contribution is -2.27. The van der Waals surface area contributed by atoms with Crippen LogP contribution in [0.2, 0.25) is 0 Å². The zero-order valence-corrected chi connectivity index (χ0v) is 8.64. The van der Waals surface area contributed by atoms with Crippen LogP contribution in [-0.4, -0.2) is 23.0 Å². The Morgan fingerprint density at radius 2 is 2.12 bits per heavy atom. The third kappa shape index (κ3) is 1.33. The van der Waals surface area contributed by atoms with Gasteiger partial charge in [0.15, 0.2) is 0 Å². The fraction of sp³-hybridized carbons (Fsp3) is 0.417. The summed E-state index contributed by atoms with van der Waals surface area (Å²) in [4.78, 5) is 5.23. The highest BCUT2D eigenvalue weighted by molar-refractivity contribution is 6.03. The number of fused-ring (bicyclic) bond motifs is 1. The van der Waals surface area contributed by atoms with Gasteiger partial charge in [0.25, 0.3) is 0 Å². The van der Waals surface area contributed by atoms with E-state index in [9.17, 15) is 9.50 Å². The SMILES string of the molecule is O[C@H]1CC[C@@H]2ON=C(c3ccccc3F)[C@@H]21. The highest BCUT2D eigenvalue weighted by atomic mass is 19.1. The fourth-order valence-corrected chi connectivity index (χ4v) is 2.50. The molecular formula is C12H12FNO2. The van der Waals surface area contributed by atoms with Crippen LogP contribution in [0, 0.1) is 11.7 Å². The molecule has 16 heavy (non-hydrogen) atoms. The maximum Gasteiger partial charge on any atom is 0.138 e. The van der Waals surface area contributed by atoms with E-state index in [0.717, 1.165) is 6.42 Å². The minimum atomic E-state index is -0.467. The number of oxime groups is 1. The Morgan fingerprint density at radius 3 is 2.94 bits per heavy atom. The van der Waals surface area contributed by atoms with E-state index in [1.165, 1.54) is 6.07 Å². The lowest BCUT2D eigenvalue weighted by molar-refractivity contribution is 0.0583. The number of aliphatic hydroxyl groups excluding tert-OH is 1. The molecule has 2 aliphatic rings. The lowest BCUT2D eigenvalue weighted by atomic mass is 9.92. The Labute approximate surface area is 92.5 Å². The molecule has 0 spiro atoms. The van der Waals surface area contributed by atoms with E-state index in [1.54, 1.807) is 18.2 Å². The maximum atomic E-state index is 13.6. The van der Waals surface area contributed by atoms with Gasteiger partial charge in [0.1, 0.15) is 11.9 Å². The Hall–Kier alpha value is -1.42. The van der Waals surface area contributed by atoms with Crippen molar-refractivity contribution in [2.45, 2.75) is 25.0 Å². The van der Waals surface area contributed by atoms with Crippen molar-refractivity contribution in [2.75, 3.05) is 0 Å². The van der Waals surface area contributed by atoms with Crippen molar-refractivity contribution in [3.05, 3.63) is 35.6 Å². The van der Waals surface area contributed by atoms with Crippen molar-refractivity contribution in [3.8, 4) is 0 Å². The highest BCUT2D eigenvalue weighted by Crippen LogP contribution is 2.36. The van der Waals surface area contributed by atoms with Crippen molar-refractivity contribution >= 4 is 5.71 Å². The molecule has 0 saturated heterocycles. The summed E-state index contributed by atoms with van der Waals surface area (Å²) in [5, 5.41) is 13.8. The van der Waals surface area contributed by atoms with Crippen molar-refractivity contribution < 1.29 is 14.3 Å². The van der Waals surface area contributed by atoms with Crippen LogP contribution in [0.25, 0.3) is 0 Å². The van der Waals surface area contributed by atoms with Crippen LogP contribution in [0.3, 0.4) is 0 Å². The Morgan fingerprint density at radius 1 is 1.31 bits per heavy atom. The third-order valence-corrected chi connectivity index (χ3v) is 3.31. The number of hydrogen-bond acceptors (Lipinski definition) is 3. The molecule has 4 heteroatoms. The van der Waals surface area contributed by atoms with E-state index >= 15 is 0 Å². The number of nitrogens with zero attached hydrogens (tertiary/aromatic N) is 1. The van der Waals surface area contributed by atoms with Gasteiger partial charge in [0.2, 0.25) is 0 Å². The van der Waals surface area contributed by atoms with Gasteiger partial charge >= 0.3 is 0 Å². The van der Waals surface area contributed by atoms with Gasteiger partial charge in [-0.1, -0.05) is 23.4 Å². The first kappa shape index (κ1) is 9.78. The molecule has 3 rings (SSSR count). The zero-order chi connectivity index (χ0) is 11.1. The summed E-state index contributed by atoms with van der Waals surface area (Å²) >= 11 is 0. The van der Waals surface area contributed by atoms with E-state index in [-0.39, 0.29) is 17.8 Å². The van der Waals surface area contributed by atoms with E-state index in [2.05, 4.69) is 5.16 Å².